The van der Waals surface area contributed by atoms with E-state index < -0.39 is 5.91 Å². The van der Waals surface area contributed by atoms with Gasteiger partial charge in [0.2, 0.25) is 5.91 Å². The lowest BCUT2D eigenvalue weighted by molar-refractivity contribution is -0.114. The van der Waals surface area contributed by atoms with Crippen LogP contribution in [0, 0.1) is 0 Å². The summed E-state index contributed by atoms with van der Waals surface area (Å²) in [5, 5.41) is 3.16. The standard InChI is InChI=1S/C5H9NO.C4H9NO/c1-3-4(2)5(6)7;1-3-6-4-2-5-1/h2-3H2,1H3,(H2,6,7);5H,1-4H2. The third kappa shape index (κ3) is 7.49. The van der Waals surface area contributed by atoms with Crippen molar-refractivity contribution in [3.8, 4) is 0 Å². The summed E-state index contributed by atoms with van der Waals surface area (Å²) >= 11 is 0. The van der Waals surface area contributed by atoms with E-state index in [1.54, 1.807) is 0 Å². The van der Waals surface area contributed by atoms with E-state index in [9.17, 15) is 4.79 Å². The Hall–Kier alpha value is -0.870. The summed E-state index contributed by atoms with van der Waals surface area (Å²) < 4.78 is 5.01. The highest BCUT2D eigenvalue weighted by atomic mass is 16.5. The van der Waals surface area contributed by atoms with Gasteiger partial charge in [0.15, 0.2) is 0 Å². The summed E-state index contributed by atoms with van der Waals surface area (Å²) in [6.07, 6.45) is 0.648. The number of rotatable bonds is 2. The second kappa shape index (κ2) is 7.76. The third-order valence-corrected chi connectivity index (χ3v) is 1.62. The molecule has 0 aromatic carbocycles. The molecule has 0 radical (unpaired) electrons. The number of hydrogen-bond donors (Lipinski definition) is 2. The Labute approximate surface area is 79.1 Å². The van der Waals surface area contributed by atoms with Crippen molar-refractivity contribution in [1.29, 1.82) is 0 Å². The minimum absolute atomic E-state index is 0.400. The maximum Gasteiger partial charge on any atom is 0.244 e. The van der Waals surface area contributed by atoms with Crippen LogP contribution in [0.5, 0.6) is 0 Å². The molecule has 0 spiro atoms. The number of carbonyl (C=O) groups is 1. The Bertz CT molecular complexity index is 153. The van der Waals surface area contributed by atoms with Crippen LogP contribution in [0.2, 0.25) is 0 Å². The SMILES string of the molecule is C1COCCN1.C=C(CC)C(N)=O. The molecule has 0 aromatic heterocycles. The van der Waals surface area contributed by atoms with Crippen molar-refractivity contribution in [3.63, 3.8) is 0 Å². The molecule has 1 fully saturated rings. The van der Waals surface area contributed by atoms with Crippen molar-refractivity contribution >= 4 is 5.91 Å². The summed E-state index contributed by atoms with van der Waals surface area (Å²) in [6.45, 7) is 9.07. The van der Waals surface area contributed by atoms with Crippen LogP contribution in [0.4, 0.5) is 0 Å². The third-order valence-electron chi connectivity index (χ3n) is 1.62. The Morgan fingerprint density at radius 3 is 2.15 bits per heavy atom. The molecule has 0 saturated carbocycles. The van der Waals surface area contributed by atoms with Gasteiger partial charge < -0.3 is 15.8 Å². The van der Waals surface area contributed by atoms with E-state index in [1.165, 1.54) is 0 Å². The molecule has 1 aliphatic rings. The molecule has 1 saturated heterocycles. The maximum atomic E-state index is 10.1. The molecule has 3 N–H and O–H groups in total. The molecule has 0 atom stereocenters. The summed E-state index contributed by atoms with van der Waals surface area (Å²) in [7, 11) is 0. The number of nitrogens with two attached hydrogens (primary N) is 1. The van der Waals surface area contributed by atoms with E-state index >= 15 is 0 Å². The molecule has 4 heteroatoms. The highest BCUT2D eigenvalue weighted by Crippen LogP contribution is 1.91. The molecule has 0 aromatic rings. The topological polar surface area (TPSA) is 64.3 Å². The monoisotopic (exact) mass is 186 g/mol. The van der Waals surface area contributed by atoms with Crippen molar-refractivity contribution in [2.75, 3.05) is 26.3 Å². The van der Waals surface area contributed by atoms with Gasteiger partial charge >= 0.3 is 0 Å². The van der Waals surface area contributed by atoms with Crippen LogP contribution in [-0.2, 0) is 9.53 Å². The summed E-state index contributed by atoms with van der Waals surface area (Å²) in [4.78, 5) is 10.1. The highest BCUT2D eigenvalue weighted by Gasteiger charge is 1.93. The molecule has 0 bridgehead atoms. The predicted octanol–water partition coefficient (Wildman–Crippen LogP) is 0.0441. The minimum Gasteiger partial charge on any atom is -0.379 e. The van der Waals surface area contributed by atoms with Crippen LogP contribution in [0.15, 0.2) is 12.2 Å². The number of morpholine rings is 1. The van der Waals surface area contributed by atoms with E-state index in [-0.39, 0.29) is 0 Å². The van der Waals surface area contributed by atoms with Crippen LogP contribution in [0.25, 0.3) is 0 Å². The van der Waals surface area contributed by atoms with Crippen LogP contribution in [0.1, 0.15) is 13.3 Å². The van der Waals surface area contributed by atoms with Crippen molar-refractivity contribution in [2.45, 2.75) is 13.3 Å². The van der Waals surface area contributed by atoms with Crippen LogP contribution in [-0.4, -0.2) is 32.2 Å². The molecule has 1 heterocycles. The maximum absolute atomic E-state index is 10.1. The number of carbonyl (C=O) groups excluding carboxylic acids is 1. The Morgan fingerprint density at radius 1 is 1.54 bits per heavy atom. The van der Waals surface area contributed by atoms with E-state index in [2.05, 4.69) is 11.9 Å². The first kappa shape index (κ1) is 12.1. The lowest BCUT2D eigenvalue weighted by Crippen LogP contribution is -2.30. The van der Waals surface area contributed by atoms with Crippen molar-refractivity contribution in [2.24, 2.45) is 5.73 Å². The molecular formula is C9H18N2O2. The van der Waals surface area contributed by atoms with Gasteiger partial charge in [-0.1, -0.05) is 13.5 Å². The van der Waals surface area contributed by atoms with Gasteiger partial charge in [-0.3, -0.25) is 4.79 Å². The Kier molecular flexibility index (Phi) is 7.24. The molecule has 76 valence electrons. The summed E-state index contributed by atoms with van der Waals surface area (Å²) in [5.74, 6) is -0.400. The quantitative estimate of drug-likeness (QED) is 0.599. The molecule has 13 heavy (non-hydrogen) atoms. The van der Waals surface area contributed by atoms with Gasteiger partial charge in [0.05, 0.1) is 13.2 Å². The van der Waals surface area contributed by atoms with Gasteiger partial charge in [-0.2, -0.15) is 0 Å². The highest BCUT2D eigenvalue weighted by molar-refractivity contribution is 5.91. The van der Waals surface area contributed by atoms with E-state index in [0.717, 1.165) is 26.3 Å². The van der Waals surface area contributed by atoms with Crippen molar-refractivity contribution in [3.05, 3.63) is 12.2 Å². The number of primary amides is 1. The number of amides is 1. The molecule has 0 aliphatic carbocycles. The molecule has 0 unspecified atom stereocenters. The van der Waals surface area contributed by atoms with E-state index in [1.807, 2.05) is 6.92 Å². The Balaban J connectivity index is 0.000000223. The van der Waals surface area contributed by atoms with E-state index in [0.29, 0.717) is 12.0 Å². The summed E-state index contributed by atoms with van der Waals surface area (Å²) in [6, 6.07) is 0. The zero-order chi connectivity index (χ0) is 10.1. The van der Waals surface area contributed by atoms with E-state index in [4.69, 9.17) is 10.5 Å². The second-order valence-corrected chi connectivity index (χ2v) is 2.68. The fraction of sp³-hybridized carbons (Fsp3) is 0.667. The first-order valence-electron chi connectivity index (χ1n) is 4.44. The van der Waals surface area contributed by atoms with Crippen molar-refractivity contribution < 1.29 is 9.53 Å². The van der Waals surface area contributed by atoms with Crippen LogP contribution >= 0.6 is 0 Å². The van der Waals surface area contributed by atoms with Gasteiger partial charge in [-0.05, 0) is 6.42 Å². The minimum atomic E-state index is -0.400. The Morgan fingerprint density at radius 2 is 2.08 bits per heavy atom. The average Bonchev–Trinajstić information content (AvgIpc) is 2.20. The number of nitrogens with one attached hydrogen (secondary N) is 1. The first-order valence-corrected chi connectivity index (χ1v) is 4.44. The smallest absolute Gasteiger partial charge is 0.244 e. The summed E-state index contributed by atoms with van der Waals surface area (Å²) in [5.41, 5.74) is 5.29. The fourth-order valence-corrected chi connectivity index (χ4v) is 0.690. The van der Waals surface area contributed by atoms with Gasteiger partial charge in [-0.15, -0.1) is 0 Å². The molecule has 1 amide bonds. The lowest BCUT2D eigenvalue weighted by Gasteiger charge is -2.10. The van der Waals surface area contributed by atoms with Gasteiger partial charge in [0.1, 0.15) is 0 Å². The lowest BCUT2D eigenvalue weighted by atomic mass is 10.2. The number of hydrogen-bond acceptors (Lipinski definition) is 3. The zero-order valence-corrected chi connectivity index (χ0v) is 8.14. The predicted molar refractivity (Wildman–Crippen MR) is 52.3 cm³/mol. The average molecular weight is 186 g/mol. The second-order valence-electron chi connectivity index (χ2n) is 2.68. The van der Waals surface area contributed by atoms with Crippen LogP contribution in [0.3, 0.4) is 0 Å². The molecular weight excluding hydrogens is 168 g/mol. The molecule has 4 nitrogen and oxygen atoms in total. The largest absolute Gasteiger partial charge is 0.379 e. The van der Waals surface area contributed by atoms with Gasteiger partial charge in [-0.25, -0.2) is 0 Å². The normalized spacial score (nSPS) is 15.5. The number of ether oxygens (including phenoxy) is 1. The van der Waals surface area contributed by atoms with Gasteiger partial charge in [0.25, 0.3) is 0 Å². The van der Waals surface area contributed by atoms with Gasteiger partial charge in [0, 0.05) is 18.7 Å². The fourth-order valence-electron chi connectivity index (χ4n) is 0.690. The molecule has 1 rings (SSSR count). The molecule has 1 aliphatic heterocycles. The first-order chi connectivity index (χ1) is 6.18. The zero-order valence-electron chi connectivity index (χ0n) is 8.14. The van der Waals surface area contributed by atoms with Crippen LogP contribution < -0.4 is 11.1 Å². The van der Waals surface area contributed by atoms with Crippen molar-refractivity contribution in [1.82, 2.24) is 5.32 Å².